The van der Waals surface area contributed by atoms with Crippen LogP contribution >= 0.6 is 22.7 Å². The predicted octanol–water partition coefficient (Wildman–Crippen LogP) is 3.40. The summed E-state index contributed by atoms with van der Waals surface area (Å²) in [5.41, 5.74) is 2.18. The molecule has 1 amide bonds. The number of fused-ring (bicyclic) bond motifs is 1. The van der Waals surface area contributed by atoms with Crippen molar-refractivity contribution >= 4 is 44.3 Å². The lowest BCUT2D eigenvalue weighted by atomic mass is 10.1. The third kappa shape index (κ3) is 4.87. The van der Waals surface area contributed by atoms with Crippen LogP contribution in [0.25, 0.3) is 0 Å². The van der Waals surface area contributed by atoms with Gasteiger partial charge in [-0.25, -0.2) is 8.42 Å². The number of nitrogens with one attached hydrogen (secondary N) is 2. The Labute approximate surface area is 178 Å². The number of carbonyl (C=O) groups excluding carboxylic acids is 1. The first kappa shape index (κ1) is 20.1. The van der Waals surface area contributed by atoms with Crippen LogP contribution in [0.4, 0.5) is 5.69 Å². The van der Waals surface area contributed by atoms with Crippen molar-refractivity contribution in [1.29, 1.82) is 0 Å². The molecule has 4 rings (SSSR count). The third-order valence-corrected chi connectivity index (χ3v) is 8.54. The van der Waals surface area contributed by atoms with Gasteiger partial charge in [0.15, 0.2) is 0 Å². The van der Waals surface area contributed by atoms with Crippen LogP contribution in [0.5, 0.6) is 0 Å². The maximum atomic E-state index is 12.5. The molecule has 3 heterocycles. The van der Waals surface area contributed by atoms with Gasteiger partial charge in [-0.2, -0.15) is 0 Å². The van der Waals surface area contributed by atoms with Crippen molar-refractivity contribution in [2.24, 2.45) is 0 Å². The molecule has 29 heavy (non-hydrogen) atoms. The molecule has 0 aliphatic carbocycles. The molecule has 0 radical (unpaired) electrons. The molecule has 0 saturated carbocycles. The number of hydrogen-bond donors (Lipinski definition) is 2. The Hall–Kier alpha value is -2.20. The highest BCUT2D eigenvalue weighted by Crippen LogP contribution is 2.24. The largest absolute Gasteiger partial charge is 0.351 e. The first-order chi connectivity index (χ1) is 14.0. The number of hydrogen-bond acceptors (Lipinski definition) is 6. The predicted molar refractivity (Wildman–Crippen MR) is 117 cm³/mol. The zero-order chi connectivity index (χ0) is 20.3. The quantitative estimate of drug-likeness (QED) is 0.582. The maximum absolute atomic E-state index is 12.5. The van der Waals surface area contributed by atoms with Crippen molar-refractivity contribution in [3.05, 3.63) is 69.2 Å². The molecular weight excluding hydrogens is 426 g/mol. The lowest BCUT2D eigenvalue weighted by Crippen LogP contribution is -2.37. The smallest absolute Gasteiger partial charge is 0.271 e. The van der Waals surface area contributed by atoms with Gasteiger partial charge in [0, 0.05) is 42.3 Å². The molecule has 9 heteroatoms. The number of sulfonamides is 1. The minimum Gasteiger partial charge on any atom is -0.351 e. The highest BCUT2D eigenvalue weighted by molar-refractivity contribution is 7.94. The van der Waals surface area contributed by atoms with Gasteiger partial charge < -0.3 is 5.32 Å². The second-order valence-electron chi connectivity index (χ2n) is 6.77. The number of benzene rings is 1. The Morgan fingerprint density at radius 3 is 2.83 bits per heavy atom. The Morgan fingerprint density at radius 1 is 1.10 bits per heavy atom. The van der Waals surface area contributed by atoms with Gasteiger partial charge in [-0.1, -0.05) is 12.1 Å². The molecule has 1 aliphatic rings. The molecule has 3 aromatic rings. The van der Waals surface area contributed by atoms with Crippen molar-refractivity contribution in [3.63, 3.8) is 0 Å². The molecule has 2 aromatic heterocycles. The molecule has 6 nitrogen and oxygen atoms in total. The van der Waals surface area contributed by atoms with Crippen molar-refractivity contribution in [2.75, 3.05) is 24.4 Å². The van der Waals surface area contributed by atoms with Gasteiger partial charge >= 0.3 is 0 Å². The number of nitrogens with zero attached hydrogens (tertiary/aromatic N) is 1. The summed E-state index contributed by atoms with van der Waals surface area (Å²) in [5.74, 6) is -0.213. The van der Waals surface area contributed by atoms with Crippen LogP contribution in [0, 0.1) is 0 Å². The van der Waals surface area contributed by atoms with Gasteiger partial charge in [-0.3, -0.25) is 14.4 Å². The maximum Gasteiger partial charge on any atom is 0.271 e. The molecule has 0 atom stereocenters. The number of carbonyl (C=O) groups is 1. The van der Waals surface area contributed by atoms with Gasteiger partial charge in [0.25, 0.3) is 15.9 Å². The zero-order valence-corrected chi connectivity index (χ0v) is 18.1. The van der Waals surface area contributed by atoms with E-state index in [1.807, 2.05) is 11.3 Å². The average Bonchev–Trinajstić information content (AvgIpc) is 3.40. The highest BCUT2D eigenvalue weighted by atomic mass is 32.2. The first-order valence-electron chi connectivity index (χ1n) is 9.23. The van der Waals surface area contributed by atoms with Crippen molar-refractivity contribution in [3.8, 4) is 0 Å². The zero-order valence-electron chi connectivity index (χ0n) is 15.6. The number of rotatable bonds is 7. The van der Waals surface area contributed by atoms with E-state index in [-0.39, 0.29) is 10.1 Å². The van der Waals surface area contributed by atoms with E-state index in [0.717, 1.165) is 37.4 Å². The van der Waals surface area contributed by atoms with Crippen molar-refractivity contribution < 1.29 is 13.2 Å². The van der Waals surface area contributed by atoms with Crippen LogP contribution in [-0.2, 0) is 23.0 Å². The average molecular weight is 448 g/mol. The van der Waals surface area contributed by atoms with E-state index in [0.29, 0.717) is 17.8 Å². The van der Waals surface area contributed by atoms with Gasteiger partial charge in [-0.15, -0.1) is 22.7 Å². The number of anilines is 1. The molecule has 0 unspecified atom stereocenters. The van der Waals surface area contributed by atoms with Crippen LogP contribution in [-0.4, -0.2) is 38.9 Å². The Bertz CT molecular complexity index is 1090. The summed E-state index contributed by atoms with van der Waals surface area (Å²) < 4.78 is 27.5. The van der Waals surface area contributed by atoms with E-state index in [2.05, 4.69) is 26.4 Å². The minimum atomic E-state index is -3.63. The SMILES string of the molecule is O=C(NCCN1CCc2sccc2C1)c1cccc(NS(=O)(=O)c2cccs2)c1. The highest BCUT2D eigenvalue weighted by Gasteiger charge is 2.18. The Balaban J connectivity index is 1.32. The molecule has 0 spiro atoms. The fourth-order valence-electron chi connectivity index (χ4n) is 3.27. The summed E-state index contributed by atoms with van der Waals surface area (Å²) in [6.07, 6.45) is 1.06. The third-order valence-electron chi connectivity index (χ3n) is 4.74. The topological polar surface area (TPSA) is 78.5 Å². The van der Waals surface area contributed by atoms with Crippen LogP contribution < -0.4 is 10.0 Å². The molecule has 0 saturated heterocycles. The molecule has 0 bridgehead atoms. The lowest BCUT2D eigenvalue weighted by Gasteiger charge is -2.26. The standard InChI is InChI=1S/C20H21N3O3S3/c24-20(21-8-10-23-9-6-18-16(14-23)7-12-27-18)15-3-1-4-17(13-15)22-29(25,26)19-5-2-11-28-19/h1-5,7,11-13,22H,6,8-10,14H2,(H,21,24). The molecule has 1 aromatic carbocycles. The van der Waals surface area contributed by atoms with E-state index in [1.165, 1.54) is 10.4 Å². The minimum absolute atomic E-state index is 0.213. The van der Waals surface area contributed by atoms with Gasteiger partial charge in [-0.05, 0) is 53.1 Å². The second-order valence-corrected chi connectivity index (χ2v) is 10.6. The molecule has 2 N–H and O–H groups in total. The summed E-state index contributed by atoms with van der Waals surface area (Å²) in [6, 6.07) is 11.9. The van der Waals surface area contributed by atoms with E-state index < -0.39 is 10.0 Å². The summed E-state index contributed by atoms with van der Waals surface area (Å²) in [7, 11) is -3.63. The number of thiophene rings is 2. The van der Waals surface area contributed by atoms with Gasteiger partial charge in [0.1, 0.15) is 4.21 Å². The van der Waals surface area contributed by atoms with E-state index in [9.17, 15) is 13.2 Å². The summed E-state index contributed by atoms with van der Waals surface area (Å²) in [5, 5.41) is 6.77. The lowest BCUT2D eigenvalue weighted by molar-refractivity contribution is 0.0947. The monoisotopic (exact) mass is 447 g/mol. The fraction of sp³-hybridized carbons (Fsp3) is 0.250. The van der Waals surface area contributed by atoms with Crippen LogP contribution in [0.15, 0.2) is 57.4 Å². The molecular formula is C20H21N3O3S3. The normalized spacial score (nSPS) is 14.3. The fourth-order valence-corrected chi connectivity index (χ4v) is 6.21. The molecule has 0 fully saturated rings. The molecule has 1 aliphatic heterocycles. The first-order valence-corrected chi connectivity index (χ1v) is 12.5. The second kappa shape index (κ2) is 8.66. The van der Waals surface area contributed by atoms with Crippen molar-refractivity contribution in [1.82, 2.24) is 10.2 Å². The Morgan fingerprint density at radius 2 is 2.00 bits per heavy atom. The van der Waals surface area contributed by atoms with Gasteiger partial charge in [0.05, 0.1) is 0 Å². The van der Waals surface area contributed by atoms with Crippen LogP contribution in [0.2, 0.25) is 0 Å². The summed E-state index contributed by atoms with van der Waals surface area (Å²) in [6.45, 7) is 3.26. The Kier molecular flexibility index (Phi) is 6.00. The summed E-state index contributed by atoms with van der Waals surface area (Å²) in [4.78, 5) is 16.3. The van der Waals surface area contributed by atoms with E-state index >= 15 is 0 Å². The van der Waals surface area contributed by atoms with Crippen LogP contribution in [0.3, 0.4) is 0 Å². The molecule has 152 valence electrons. The van der Waals surface area contributed by atoms with Crippen molar-refractivity contribution in [2.45, 2.75) is 17.2 Å². The van der Waals surface area contributed by atoms with Crippen LogP contribution in [0.1, 0.15) is 20.8 Å². The van der Waals surface area contributed by atoms with E-state index in [4.69, 9.17) is 0 Å². The number of amides is 1. The van der Waals surface area contributed by atoms with E-state index in [1.54, 1.807) is 41.8 Å². The van der Waals surface area contributed by atoms with Gasteiger partial charge in [0.2, 0.25) is 0 Å². The summed E-state index contributed by atoms with van der Waals surface area (Å²) >= 11 is 2.96.